The third-order valence-electron chi connectivity index (χ3n) is 5.45. The molecular formula is C24H15F9O2. The van der Waals surface area contributed by atoms with Crippen LogP contribution < -0.4 is 9.47 Å². The summed E-state index contributed by atoms with van der Waals surface area (Å²) in [6.45, 7) is 2.05. The number of ether oxygens (including phenoxy) is 2. The third-order valence-corrected chi connectivity index (χ3v) is 5.45. The number of fused-ring (bicyclic) bond motifs is 1. The van der Waals surface area contributed by atoms with E-state index in [-0.39, 0.29) is 17.7 Å². The molecule has 0 N–H and O–H groups in total. The van der Waals surface area contributed by atoms with Crippen LogP contribution >= 0.6 is 0 Å². The van der Waals surface area contributed by atoms with Crippen LogP contribution in [0.4, 0.5) is 39.5 Å². The molecule has 3 aromatic carbocycles. The summed E-state index contributed by atoms with van der Waals surface area (Å²) in [5, 5.41) is 0. The Balaban J connectivity index is 1.63. The van der Waals surface area contributed by atoms with E-state index in [1.807, 2.05) is 6.92 Å². The topological polar surface area (TPSA) is 18.5 Å². The zero-order chi connectivity index (χ0) is 25.7. The predicted octanol–water partition coefficient (Wildman–Crippen LogP) is 7.67. The van der Waals surface area contributed by atoms with Crippen molar-refractivity contribution in [3.63, 3.8) is 0 Å². The van der Waals surface area contributed by atoms with Gasteiger partial charge in [0.15, 0.2) is 11.6 Å². The maximum Gasteiger partial charge on any atom is 0.573 e. The van der Waals surface area contributed by atoms with E-state index in [0.717, 1.165) is 24.0 Å². The molecular weight excluding hydrogens is 491 g/mol. The van der Waals surface area contributed by atoms with E-state index in [1.54, 1.807) is 18.2 Å². The van der Waals surface area contributed by atoms with Gasteiger partial charge in [0.2, 0.25) is 5.75 Å². The fraction of sp³-hybridized carbons (Fsp3) is 0.250. The minimum atomic E-state index is -5.46. The molecule has 11 heteroatoms. The molecule has 0 radical (unpaired) electrons. The van der Waals surface area contributed by atoms with E-state index in [2.05, 4.69) is 9.47 Å². The van der Waals surface area contributed by atoms with Gasteiger partial charge in [0.05, 0.1) is 0 Å². The first-order valence-corrected chi connectivity index (χ1v) is 10.2. The molecule has 186 valence electrons. The number of halogens is 9. The highest BCUT2D eigenvalue weighted by Crippen LogP contribution is 2.40. The smallest absolute Gasteiger partial charge is 0.429 e. The first-order valence-electron chi connectivity index (χ1n) is 10.2. The molecule has 35 heavy (non-hydrogen) atoms. The van der Waals surface area contributed by atoms with Gasteiger partial charge in [-0.1, -0.05) is 25.1 Å². The van der Waals surface area contributed by atoms with Gasteiger partial charge in [0, 0.05) is 12.1 Å². The monoisotopic (exact) mass is 506 g/mol. The second kappa shape index (κ2) is 8.69. The van der Waals surface area contributed by atoms with Gasteiger partial charge in [-0.3, -0.25) is 0 Å². The van der Waals surface area contributed by atoms with Crippen molar-refractivity contribution < 1.29 is 49.0 Å². The summed E-state index contributed by atoms with van der Waals surface area (Å²) in [6.07, 6.45) is -8.62. The highest BCUT2D eigenvalue weighted by molar-refractivity contribution is 5.66. The van der Waals surface area contributed by atoms with Gasteiger partial charge >= 0.3 is 12.5 Å². The van der Waals surface area contributed by atoms with Crippen LogP contribution in [0.25, 0.3) is 11.1 Å². The van der Waals surface area contributed by atoms with Gasteiger partial charge in [-0.15, -0.1) is 13.2 Å². The molecule has 1 aliphatic carbocycles. The molecule has 0 fully saturated rings. The molecule has 1 unspecified atom stereocenters. The van der Waals surface area contributed by atoms with Crippen molar-refractivity contribution in [3.05, 3.63) is 82.4 Å². The summed E-state index contributed by atoms with van der Waals surface area (Å²) < 4.78 is 130. The van der Waals surface area contributed by atoms with Gasteiger partial charge in [0.25, 0.3) is 0 Å². The van der Waals surface area contributed by atoms with Crippen LogP contribution in [-0.2, 0) is 19.0 Å². The second-order valence-corrected chi connectivity index (χ2v) is 8.19. The van der Waals surface area contributed by atoms with Crippen LogP contribution in [0.15, 0.2) is 42.5 Å². The third kappa shape index (κ3) is 5.18. The van der Waals surface area contributed by atoms with Crippen molar-refractivity contribution in [1.82, 2.24) is 0 Å². The highest BCUT2D eigenvalue weighted by atomic mass is 19.4. The summed E-state index contributed by atoms with van der Waals surface area (Å²) >= 11 is 0. The van der Waals surface area contributed by atoms with Gasteiger partial charge in [-0.2, -0.15) is 8.78 Å². The summed E-state index contributed by atoms with van der Waals surface area (Å²) in [5.74, 6) is -10.3. The first kappa shape index (κ1) is 24.7. The number of benzene rings is 3. The van der Waals surface area contributed by atoms with Gasteiger partial charge in [-0.25, -0.2) is 17.6 Å². The molecule has 0 heterocycles. The average molecular weight is 506 g/mol. The molecule has 4 rings (SSSR count). The Kier molecular flexibility index (Phi) is 6.14. The van der Waals surface area contributed by atoms with Crippen molar-refractivity contribution in [3.8, 4) is 22.6 Å². The lowest BCUT2D eigenvalue weighted by molar-refractivity contribution is -0.276. The standard InChI is InChI=1S/C24H15F9O2/c1-11-4-12-2-3-13(6-14(12)5-11)15-7-17(25)21(18(26)8-15)23(29,30)34-16-9-19(27)22(20(28)10-16)35-24(31,32)33/h2-3,6-11H,4-5H2,1H3. The fourth-order valence-corrected chi connectivity index (χ4v) is 4.04. The van der Waals surface area contributed by atoms with Crippen LogP contribution in [0.1, 0.15) is 23.6 Å². The molecule has 1 aliphatic rings. The molecule has 0 amide bonds. The summed E-state index contributed by atoms with van der Waals surface area (Å²) in [7, 11) is 0. The molecule has 0 saturated heterocycles. The minimum Gasteiger partial charge on any atom is -0.429 e. The van der Waals surface area contributed by atoms with Crippen LogP contribution in [0.5, 0.6) is 11.5 Å². The van der Waals surface area contributed by atoms with E-state index in [4.69, 9.17) is 0 Å². The van der Waals surface area contributed by atoms with E-state index >= 15 is 0 Å². The van der Waals surface area contributed by atoms with Crippen LogP contribution in [0.2, 0.25) is 0 Å². The summed E-state index contributed by atoms with van der Waals surface area (Å²) in [4.78, 5) is 0. The molecule has 0 bridgehead atoms. The zero-order valence-electron chi connectivity index (χ0n) is 17.8. The fourth-order valence-electron chi connectivity index (χ4n) is 4.04. The van der Waals surface area contributed by atoms with Gasteiger partial charge < -0.3 is 9.47 Å². The van der Waals surface area contributed by atoms with Gasteiger partial charge in [-0.05, 0) is 53.1 Å². The maximum atomic E-state index is 14.6. The Hall–Kier alpha value is -3.37. The van der Waals surface area contributed by atoms with Crippen molar-refractivity contribution >= 4 is 0 Å². The van der Waals surface area contributed by atoms with E-state index in [0.29, 0.717) is 23.6 Å². The summed E-state index contributed by atoms with van der Waals surface area (Å²) in [5.41, 5.74) is 0.608. The van der Waals surface area contributed by atoms with E-state index in [1.165, 1.54) is 0 Å². The molecule has 0 saturated carbocycles. The zero-order valence-corrected chi connectivity index (χ0v) is 17.8. The Morgan fingerprint density at radius 3 is 1.83 bits per heavy atom. The minimum absolute atomic E-state index is 0.0207. The lowest BCUT2D eigenvalue weighted by Crippen LogP contribution is -2.25. The largest absolute Gasteiger partial charge is 0.573 e. The molecule has 0 spiro atoms. The Morgan fingerprint density at radius 2 is 1.26 bits per heavy atom. The van der Waals surface area contributed by atoms with Crippen molar-refractivity contribution in [1.29, 1.82) is 0 Å². The molecule has 1 atom stereocenters. The van der Waals surface area contributed by atoms with E-state index in [9.17, 15) is 39.5 Å². The lowest BCUT2D eigenvalue weighted by Gasteiger charge is -2.20. The SMILES string of the molecule is CC1Cc2ccc(-c3cc(F)c(C(F)(F)Oc4cc(F)c(OC(F)(F)F)c(F)c4)c(F)c3)cc2C1. The van der Waals surface area contributed by atoms with Crippen LogP contribution in [0, 0.1) is 29.2 Å². The normalized spacial score (nSPS) is 15.8. The predicted molar refractivity (Wildman–Crippen MR) is 106 cm³/mol. The second-order valence-electron chi connectivity index (χ2n) is 8.19. The number of rotatable bonds is 5. The van der Waals surface area contributed by atoms with Crippen LogP contribution in [-0.4, -0.2) is 6.36 Å². The Labute approximate surface area is 192 Å². The first-order chi connectivity index (χ1) is 16.2. The average Bonchev–Trinajstić information content (AvgIpc) is 3.08. The quantitative estimate of drug-likeness (QED) is 0.331. The number of alkyl halides is 5. The molecule has 0 aromatic heterocycles. The highest BCUT2D eigenvalue weighted by Gasteiger charge is 2.42. The Bertz CT molecular complexity index is 1240. The van der Waals surface area contributed by atoms with Crippen LogP contribution in [0.3, 0.4) is 0 Å². The lowest BCUT2D eigenvalue weighted by atomic mass is 9.98. The maximum absolute atomic E-state index is 14.6. The molecule has 3 aromatic rings. The number of hydrogen-bond donors (Lipinski definition) is 0. The van der Waals surface area contributed by atoms with E-state index < -0.39 is 52.8 Å². The van der Waals surface area contributed by atoms with Crippen molar-refractivity contribution in [2.75, 3.05) is 0 Å². The summed E-state index contributed by atoms with van der Waals surface area (Å²) in [6, 6.07) is 6.38. The van der Waals surface area contributed by atoms with Gasteiger partial charge in [0.1, 0.15) is 22.9 Å². The molecule has 2 nitrogen and oxygen atoms in total. The molecule has 0 aliphatic heterocycles. The van der Waals surface area contributed by atoms with Crippen molar-refractivity contribution in [2.24, 2.45) is 5.92 Å². The van der Waals surface area contributed by atoms with Crippen molar-refractivity contribution in [2.45, 2.75) is 32.2 Å². The Morgan fingerprint density at radius 1 is 0.686 bits per heavy atom. The number of hydrogen-bond acceptors (Lipinski definition) is 2.